The monoisotopic (exact) mass is 342 g/mol. The van der Waals surface area contributed by atoms with Crippen LogP contribution in [0.3, 0.4) is 0 Å². The van der Waals surface area contributed by atoms with Gasteiger partial charge in [-0.25, -0.2) is 19.0 Å². The van der Waals surface area contributed by atoms with Gasteiger partial charge in [-0.1, -0.05) is 0 Å². The number of carboxylic acid groups (broad SMARTS) is 1. The number of aromatic nitrogens is 1. The second kappa shape index (κ2) is 6.37. The first-order chi connectivity index (χ1) is 10.7. The Balaban J connectivity index is 2.21. The highest BCUT2D eigenvalue weighted by molar-refractivity contribution is 7.18. The maximum Gasteiger partial charge on any atom is 0.506 e. The van der Waals surface area contributed by atoms with E-state index in [1.54, 1.807) is 26.8 Å². The van der Waals surface area contributed by atoms with Gasteiger partial charge in [0.1, 0.15) is 22.7 Å². The summed E-state index contributed by atoms with van der Waals surface area (Å²) in [6.45, 7) is 4.83. The van der Waals surface area contributed by atoms with E-state index >= 15 is 0 Å². The number of benzene rings is 1. The Morgan fingerprint density at radius 3 is 2.70 bits per heavy atom. The van der Waals surface area contributed by atoms with Crippen LogP contribution in [0.1, 0.15) is 25.8 Å². The Labute approximate surface area is 135 Å². The van der Waals surface area contributed by atoms with Crippen LogP contribution in [-0.4, -0.2) is 27.9 Å². The molecule has 0 bridgehead atoms. The van der Waals surface area contributed by atoms with Crippen LogP contribution in [0.5, 0.6) is 0 Å². The third-order valence-electron chi connectivity index (χ3n) is 2.50. The Kier molecular flexibility index (Phi) is 4.69. The van der Waals surface area contributed by atoms with Crippen LogP contribution in [0.25, 0.3) is 10.2 Å². The molecule has 9 heteroatoms. The molecule has 0 spiro atoms. The summed E-state index contributed by atoms with van der Waals surface area (Å²) in [6.07, 6.45) is -2.21. The minimum atomic E-state index is -1.43. The molecule has 0 aliphatic rings. The number of halogens is 1. The molecule has 1 amide bonds. The van der Waals surface area contributed by atoms with Gasteiger partial charge in [-0.2, -0.15) is 0 Å². The van der Waals surface area contributed by atoms with E-state index in [1.807, 2.05) is 0 Å². The zero-order valence-electron chi connectivity index (χ0n) is 12.7. The first-order valence-corrected chi connectivity index (χ1v) is 7.41. The minimum Gasteiger partial charge on any atom is -0.450 e. The fourth-order valence-corrected chi connectivity index (χ4v) is 2.58. The SMILES string of the molecule is CC(C)(C)OC(=O)Nc1ccc2sc(COC(=O)O)nc2c1F. The number of anilines is 1. The molecule has 0 aliphatic carbocycles. The van der Waals surface area contributed by atoms with Gasteiger partial charge in [-0.05, 0) is 32.9 Å². The molecule has 0 saturated heterocycles. The van der Waals surface area contributed by atoms with Crippen molar-refractivity contribution < 1.29 is 28.6 Å². The second-order valence-electron chi connectivity index (χ2n) is 5.56. The van der Waals surface area contributed by atoms with Crippen molar-refractivity contribution in [2.45, 2.75) is 33.0 Å². The molecule has 1 aromatic carbocycles. The standard InChI is InChI=1S/C14H15FN2O5S/c1-14(2,3)22-12(18)16-7-4-5-8-11(10(7)15)17-9(23-8)6-21-13(19)20/h4-5H,6H2,1-3H3,(H,16,18)(H,19,20). The van der Waals surface area contributed by atoms with E-state index in [1.165, 1.54) is 6.07 Å². The summed E-state index contributed by atoms with van der Waals surface area (Å²) in [7, 11) is 0. The average Bonchev–Trinajstić information content (AvgIpc) is 2.81. The van der Waals surface area contributed by atoms with Gasteiger partial charge in [0.15, 0.2) is 5.82 Å². The first-order valence-electron chi connectivity index (χ1n) is 6.59. The number of nitrogens with one attached hydrogen (secondary N) is 1. The van der Waals surface area contributed by atoms with E-state index in [-0.39, 0.29) is 17.8 Å². The minimum absolute atomic E-state index is 0.0348. The number of carbonyl (C=O) groups is 2. The molecule has 23 heavy (non-hydrogen) atoms. The van der Waals surface area contributed by atoms with Crippen LogP contribution in [0.15, 0.2) is 12.1 Å². The van der Waals surface area contributed by atoms with E-state index in [4.69, 9.17) is 9.84 Å². The van der Waals surface area contributed by atoms with Crippen LogP contribution in [0.2, 0.25) is 0 Å². The summed E-state index contributed by atoms with van der Waals surface area (Å²) in [5.74, 6) is -0.716. The summed E-state index contributed by atoms with van der Waals surface area (Å²) in [4.78, 5) is 26.0. The zero-order valence-corrected chi connectivity index (χ0v) is 13.5. The fourth-order valence-electron chi connectivity index (χ4n) is 1.70. The Bertz CT molecular complexity index is 753. The molecule has 2 rings (SSSR count). The van der Waals surface area contributed by atoms with Crippen molar-refractivity contribution in [2.75, 3.05) is 5.32 Å². The van der Waals surface area contributed by atoms with Gasteiger partial charge in [-0.15, -0.1) is 11.3 Å². The van der Waals surface area contributed by atoms with Crippen LogP contribution in [0.4, 0.5) is 19.7 Å². The lowest BCUT2D eigenvalue weighted by Crippen LogP contribution is -2.27. The molecule has 0 atom stereocenters. The molecule has 7 nitrogen and oxygen atoms in total. The lowest BCUT2D eigenvalue weighted by Gasteiger charge is -2.19. The lowest BCUT2D eigenvalue weighted by molar-refractivity contribution is 0.0634. The molecule has 0 radical (unpaired) electrons. The van der Waals surface area contributed by atoms with E-state index in [0.29, 0.717) is 9.71 Å². The molecule has 0 fully saturated rings. The van der Waals surface area contributed by atoms with Crippen molar-refractivity contribution in [2.24, 2.45) is 0 Å². The number of thiazole rings is 1. The Hall–Kier alpha value is -2.42. The molecular weight excluding hydrogens is 327 g/mol. The van der Waals surface area contributed by atoms with Crippen molar-refractivity contribution in [1.29, 1.82) is 0 Å². The first kappa shape index (κ1) is 16.9. The Morgan fingerprint density at radius 1 is 1.39 bits per heavy atom. The molecule has 2 N–H and O–H groups in total. The highest BCUT2D eigenvalue weighted by atomic mass is 32.1. The maximum absolute atomic E-state index is 14.4. The second-order valence-corrected chi connectivity index (χ2v) is 6.68. The summed E-state index contributed by atoms with van der Waals surface area (Å²) in [5, 5.41) is 11.1. The van der Waals surface area contributed by atoms with E-state index < -0.39 is 23.7 Å². The lowest BCUT2D eigenvalue weighted by atomic mass is 10.2. The third kappa shape index (κ3) is 4.52. The summed E-state index contributed by atoms with van der Waals surface area (Å²) in [5.41, 5.74) is -0.734. The van der Waals surface area contributed by atoms with Crippen LogP contribution < -0.4 is 5.32 Å². The predicted molar refractivity (Wildman–Crippen MR) is 82.2 cm³/mol. The number of hydrogen-bond acceptors (Lipinski definition) is 6. The van der Waals surface area contributed by atoms with Crippen molar-refractivity contribution in [3.63, 3.8) is 0 Å². The van der Waals surface area contributed by atoms with Crippen LogP contribution >= 0.6 is 11.3 Å². The molecule has 2 aromatic rings. The summed E-state index contributed by atoms with van der Waals surface area (Å²) < 4.78 is 24.4. The number of carbonyl (C=O) groups excluding carboxylic acids is 1. The van der Waals surface area contributed by atoms with Gasteiger partial charge in [0, 0.05) is 0 Å². The number of ether oxygens (including phenoxy) is 2. The number of fused-ring (bicyclic) bond motifs is 1. The molecule has 124 valence electrons. The number of hydrogen-bond donors (Lipinski definition) is 2. The molecule has 1 aromatic heterocycles. The fraction of sp³-hybridized carbons (Fsp3) is 0.357. The molecular formula is C14H15FN2O5S. The molecule has 1 heterocycles. The molecule has 0 saturated carbocycles. The molecule has 0 aliphatic heterocycles. The number of amides is 1. The van der Waals surface area contributed by atoms with Crippen molar-refractivity contribution in [3.05, 3.63) is 23.0 Å². The summed E-state index contributed by atoms with van der Waals surface area (Å²) in [6, 6.07) is 2.97. The van der Waals surface area contributed by atoms with Crippen molar-refractivity contribution >= 4 is 39.5 Å². The highest BCUT2D eigenvalue weighted by Crippen LogP contribution is 2.29. The average molecular weight is 342 g/mol. The van der Waals surface area contributed by atoms with Gasteiger partial charge in [-0.3, -0.25) is 5.32 Å². The van der Waals surface area contributed by atoms with Crippen molar-refractivity contribution in [3.8, 4) is 0 Å². The van der Waals surface area contributed by atoms with Gasteiger partial charge < -0.3 is 14.6 Å². The van der Waals surface area contributed by atoms with E-state index in [0.717, 1.165) is 11.3 Å². The van der Waals surface area contributed by atoms with Crippen LogP contribution in [-0.2, 0) is 16.1 Å². The van der Waals surface area contributed by atoms with Gasteiger partial charge >= 0.3 is 12.2 Å². The van der Waals surface area contributed by atoms with E-state index in [2.05, 4.69) is 15.0 Å². The number of nitrogens with zero attached hydrogens (tertiary/aromatic N) is 1. The summed E-state index contributed by atoms with van der Waals surface area (Å²) >= 11 is 1.11. The molecule has 0 unspecified atom stereocenters. The van der Waals surface area contributed by atoms with Gasteiger partial charge in [0.2, 0.25) is 0 Å². The van der Waals surface area contributed by atoms with Crippen molar-refractivity contribution in [1.82, 2.24) is 4.98 Å². The quantitative estimate of drug-likeness (QED) is 0.819. The third-order valence-corrected chi connectivity index (χ3v) is 3.49. The predicted octanol–water partition coefficient (Wildman–Crippen LogP) is 3.98. The van der Waals surface area contributed by atoms with Crippen LogP contribution in [0, 0.1) is 5.82 Å². The van der Waals surface area contributed by atoms with E-state index in [9.17, 15) is 14.0 Å². The number of rotatable bonds is 3. The Morgan fingerprint density at radius 2 is 2.09 bits per heavy atom. The smallest absolute Gasteiger partial charge is 0.450 e. The van der Waals surface area contributed by atoms with Gasteiger partial charge in [0.25, 0.3) is 0 Å². The zero-order chi connectivity index (χ0) is 17.2. The topological polar surface area (TPSA) is 97.8 Å². The normalized spacial score (nSPS) is 11.3. The highest BCUT2D eigenvalue weighted by Gasteiger charge is 2.19. The van der Waals surface area contributed by atoms with Gasteiger partial charge in [0.05, 0.1) is 10.4 Å². The largest absolute Gasteiger partial charge is 0.506 e. The maximum atomic E-state index is 14.4.